The SMILES string of the molecule is N#Cc1ccccc1CC1c2ccccc2CCN1c1ccc(Cl)cc1. The van der Waals surface area contributed by atoms with E-state index in [1.54, 1.807) is 0 Å². The molecule has 1 atom stereocenters. The minimum Gasteiger partial charge on any atom is -0.364 e. The monoisotopic (exact) mass is 358 g/mol. The topological polar surface area (TPSA) is 27.0 Å². The quantitative estimate of drug-likeness (QED) is 0.613. The number of benzene rings is 3. The summed E-state index contributed by atoms with van der Waals surface area (Å²) < 4.78 is 0. The molecule has 0 aliphatic carbocycles. The Morgan fingerprint density at radius 3 is 2.50 bits per heavy atom. The van der Waals surface area contributed by atoms with Crippen molar-refractivity contribution in [2.45, 2.75) is 18.9 Å². The van der Waals surface area contributed by atoms with Crippen LogP contribution in [0.25, 0.3) is 0 Å². The van der Waals surface area contributed by atoms with Crippen LogP contribution in [0.1, 0.15) is 28.3 Å². The second kappa shape index (κ2) is 7.23. The molecule has 26 heavy (non-hydrogen) atoms. The number of rotatable bonds is 3. The van der Waals surface area contributed by atoms with E-state index in [0.29, 0.717) is 0 Å². The lowest BCUT2D eigenvalue weighted by atomic mass is 9.87. The van der Waals surface area contributed by atoms with E-state index in [0.717, 1.165) is 35.5 Å². The van der Waals surface area contributed by atoms with Crippen molar-refractivity contribution in [1.29, 1.82) is 5.26 Å². The number of hydrogen-bond acceptors (Lipinski definition) is 2. The lowest BCUT2D eigenvalue weighted by Gasteiger charge is -2.39. The number of anilines is 1. The van der Waals surface area contributed by atoms with Crippen LogP contribution in [-0.2, 0) is 12.8 Å². The van der Waals surface area contributed by atoms with Crippen LogP contribution in [0.2, 0.25) is 5.02 Å². The number of halogens is 1. The number of hydrogen-bond donors (Lipinski definition) is 0. The Morgan fingerprint density at radius 2 is 1.69 bits per heavy atom. The Balaban J connectivity index is 1.77. The predicted octanol–water partition coefficient (Wildman–Crippen LogP) is 5.56. The highest BCUT2D eigenvalue weighted by Crippen LogP contribution is 2.36. The van der Waals surface area contributed by atoms with Gasteiger partial charge in [0.15, 0.2) is 0 Å². The van der Waals surface area contributed by atoms with E-state index in [9.17, 15) is 5.26 Å². The summed E-state index contributed by atoms with van der Waals surface area (Å²) in [6, 6.07) is 27.1. The smallest absolute Gasteiger partial charge is 0.0994 e. The molecule has 128 valence electrons. The Hall–Kier alpha value is -2.76. The van der Waals surface area contributed by atoms with Crippen LogP contribution >= 0.6 is 11.6 Å². The summed E-state index contributed by atoms with van der Waals surface area (Å²) in [6.45, 7) is 0.956. The molecule has 1 unspecified atom stereocenters. The molecule has 1 aliphatic heterocycles. The van der Waals surface area contributed by atoms with Gasteiger partial charge >= 0.3 is 0 Å². The highest BCUT2D eigenvalue weighted by molar-refractivity contribution is 6.30. The molecule has 3 aromatic rings. The van der Waals surface area contributed by atoms with Crippen molar-refractivity contribution in [3.8, 4) is 6.07 Å². The number of fused-ring (bicyclic) bond motifs is 1. The zero-order valence-corrected chi connectivity index (χ0v) is 15.2. The Kier molecular flexibility index (Phi) is 4.65. The third kappa shape index (κ3) is 3.19. The standard InChI is InChI=1S/C23H19ClN2/c24-20-9-11-21(12-10-20)26-14-13-17-5-3-4-8-22(17)23(26)15-18-6-1-2-7-19(18)16-25/h1-12,23H,13-15H2. The summed E-state index contributed by atoms with van der Waals surface area (Å²) in [5.41, 5.74) is 5.77. The van der Waals surface area contributed by atoms with Gasteiger partial charge in [0.05, 0.1) is 17.7 Å². The molecular formula is C23H19ClN2. The van der Waals surface area contributed by atoms with Crippen molar-refractivity contribution in [2.75, 3.05) is 11.4 Å². The molecule has 0 amide bonds. The van der Waals surface area contributed by atoms with Crippen molar-refractivity contribution < 1.29 is 0 Å². The molecule has 1 aliphatic rings. The van der Waals surface area contributed by atoms with Crippen LogP contribution < -0.4 is 4.90 Å². The van der Waals surface area contributed by atoms with Gasteiger partial charge < -0.3 is 4.90 Å². The average Bonchev–Trinajstić information content (AvgIpc) is 2.69. The second-order valence-electron chi connectivity index (χ2n) is 6.61. The maximum absolute atomic E-state index is 9.48. The van der Waals surface area contributed by atoms with Gasteiger partial charge in [-0.1, -0.05) is 54.1 Å². The van der Waals surface area contributed by atoms with E-state index in [1.807, 2.05) is 30.3 Å². The van der Waals surface area contributed by atoms with Gasteiger partial charge in [0.2, 0.25) is 0 Å². The molecule has 0 saturated carbocycles. The van der Waals surface area contributed by atoms with Gasteiger partial charge in [-0.3, -0.25) is 0 Å². The highest BCUT2D eigenvalue weighted by atomic mass is 35.5. The van der Waals surface area contributed by atoms with Crippen LogP contribution in [0.5, 0.6) is 0 Å². The van der Waals surface area contributed by atoms with Crippen LogP contribution in [0.15, 0.2) is 72.8 Å². The van der Waals surface area contributed by atoms with Crippen LogP contribution in [0.3, 0.4) is 0 Å². The van der Waals surface area contributed by atoms with Crippen molar-refractivity contribution >= 4 is 17.3 Å². The lowest BCUT2D eigenvalue weighted by Crippen LogP contribution is -2.36. The fourth-order valence-electron chi connectivity index (χ4n) is 3.83. The molecule has 3 aromatic carbocycles. The third-order valence-electron chi connectivity index (χ3n) is 5.12. The predicted molar refractivity (Wildman–Crippen MR) is 107 cm³/mol. The molecule has 0 N–H and O–H groups in total. The molecule has 0 radical (unpaired) electrons. The molecule has 0 saturated heterocycles. The molecule has 2 nitrogen and oxygen atoms in total. The summed E-state index contributed by atoms with van der Waals surface area (Å²) in [6.07, 6.45) is 1.83. The maximum Gasteiger partial charge on any atom is 0.0994 e. The largest absolute Gasteiger partial charge is 0.364 e. The molecule has 0 spiro atoms. The molecular weight excluding hydrogens is 340 g/mol. The van der Waals surface area contributed by atoms with Gasteiger partial charge in [0.25, 0.3) is 0 Å². The van der Waals surface area contributed by atoms with Crippen LogP contribution in [-0.4, -0.2) is 6.54 Å². The Bertz CT molecular complexity index is 956. The third-order valence-corrected chi connectivity index (χ3v) is 5.37. The Morgan fingerprint density at radius 1 is 0.962 bits per heavy atom. The van der Waals surface area contributed by atoms with Gasteiger partial charge in [-0.25, -0.2) is 0 Å². The maximum atomic E-state index is 9.48. The molecule has 0 fully saturated rings. The van der Waals surface area contributed by atoms with Gasteiger partial charge in [-0.15, -0.1) is 0 Å². The first-order valence-electron chi connectivity index (χ1n) is 8.84. The van der Waals surface area contributed by atoms with Gasteiger partial charge in [-0.05, 0) is 59.9 Å². The van der Waals surface area contributed by atoms with E-state index >= 15 is 0 Å². The van der Waals surface area contributed by atoms with Crippen molar-refractivity contribution in [3.63, 3.8) is 0 Å². The molecule has 0 aromatic heterocycles. The highest BCUT2D eigenvalue weighted by Gasteiger charge is 2.28. The minimum absolute atomic E-state index is 0.204. The zero-order chi connectivity index (χ0) is 17.9. The van der Waals surface area contributed by atoms with E-state index < -0.39 is 0 Å². The van der Waals surface area contributed by atoms with Gasteiger partial charge in [0.1, 0.15) is 0 Å². The van der Waals surface area contributed by atoms with Gasteiger partial charge in [0, 0.05) is 17.3 Å². The van der Waals surface area contributed by atoms with Gasteiger partial charge in [-0.2, -0.15) is 5.26 Å². The fourth-order valence-corrected chi connectivity index (χ4v) is 3.96. The fraction of sp³-hybridized carbons (Fsp3) is 0.174. The van der Waals surface area contributed by atoms with E-state index in [1.165, 1.54) is 16.8 Å². The van der Waals surface area contributed by atoms with Crippen LogP contribution in [0, 0.1) is 11.3 Å². The first kappa shape index (κ1) is 16.7. The summed E-state index contributed by atoms with van der Waals surface area (Å²) in [7, 11) is 0. The van der Waals surface area contributed by atoms with E-state index in [2.05, 4.69) is 53.4 Å². The summed E-state index contributed by atoms with van der Waals surface area (Å²) in [5, 5.41) is 10.2. The molecule has 4 rings (SSSR count). The van der Waals surface area contributed by atoms with Crippen LogP contribution in [0.4, 0.5) is 5.69 Å². The first-order chi connectivity index (χ1) is 12.8. The van der Waals surface area contributed by atoms with Crippen molar-refractivity contribution in [3.05, 3.63) is 100 Å². The number of nitrogens with zero attached hydrogens (tertiary/aromatic N) is 2. The first-order valence-corrected chi connectivity index (χ1v) is 9.22. The summed E-state index contributed by atoms with van der Waals surface area (Å²) >= 11 is 6.08. The average molecular weight is 359 g/mol. The summed E-state index contributed by atoms with van der Waals surface area (Å²) in [5.74, 6) is 0. The normalized spacial score (nSPS) is 16.0. The van der Waals surface area contributed by atoms with Crippen molar-refractivity contribution in [1.82, 2.24) is 0 Å². The number of nitriles is 1. The molecule has 3 heteroatoms. The second-order valence-corrected chi connectivity index (χ2v) is 7.04. The molecule has 1 heterocycles. The van der Waals surface area contributed by atoms with E-state index in [4.69, 9.17) is 11.6 Å². The summed E-state index contributed by atoms with van der Waals surface area (Å²) in [4.78, 5) is 2.44. The van der Waals surface area contributed by atoms with E-state index in [-0.39, 0.29) is 6.04 Å². The van der Waals surface area contributed by atoms with Crippen molar-refractivity contribution in [2.24, 2.45) is 0 Å². The minimum atomic E-state index is 0.204. The lowest BCUT2D eigenvalue weighted by molar-refractivity contribution is 0.579. The zero-order valence-electron chi connectivity index (χ0n) is 14.4. The Labute approximate surface area is 159 Å². The molecule has 0 bridgehead atoms.